The SMILES string of the molecule is [C-]#[N+]c1cnc(NC(=O)c2ccc(Oc3ccnc4c3c(N[C@@H]3CCCN(C(=O)OC(C)(C)C)C3)nn4Cc3ccc(OC)cc3)cc2)s1. The Morgan fingerprint density at radius 2 is 1.82 bits per heavy atom. The van der Waals surface area contributed by atoms with Crippen LogP contribution in [0.1, 0.15) is 49.5 Å². The van der Waals surface area contributed by atoms with E-state index >= 15 is 0 Å². The highest BCUT2D eigenvalue weighted by molar-refractivity contribution is 7.19. The number of amides is 2. The second-order valence-corrected chi connectivity index (χ2v) is 13.5. The van der Waals surface area contributed by atoms with Crippen LogP contribution in [0.4, 0.5) is 20.7 Å². The molecule has 0 aliphatic carbocycles. The Labute approximate surface area is 287 Å². The molecule has 6 rings (SSSR count). The molecule has 0 saturated carbocycles. The van der Waals surface area contributed by atoms with Gasteiger partial charge in [0, 0.05) is 43.2 Å². The van der Waals surface area contributed by atoms with Gasteiger partial charge in [0.2, 0.25) is 0 Å². The van der Waals surface area contributed by atoms with E-state index in [0.29, 0.717) is 63.7 Å². The molecule has 13 nitrogen and oxygen atoms in total. The summed E-state index contributed by atoms with van der Waals surface area (Å²) in [5.74, 6) is 2.04. The van der Waals surface area contributed by atoms with E-state index in [1.54, 1.807) is 48.5 Å². The van der Waals surface area contributed by atoms with Gasteiger partial charge in [-0.15, -0.1) is 11.3 Å². The van der Waals surface area contributed by atoms with Crippen LogP contribution in [0, 0.1) is 6.57 Å². The molecule has 1 fully saturated rings. The summed E-state index contributed by atoms with van der Waals surface area (Å²) in [5, 5.41) is 12.7. The number of piperidine rings is 1. The van der Waals surface area contributed by atoms with Gasteiger partial charge in [0.05, 0.1) is 20.2 Å². The van der Waals surface area contributed by atoms with Gasteiger partial charge >= 0.3 is 6.09 Å². The van der Waals surface area contributed by atoms with E-state index in [1.807, 2.05) is 49.7 Å². The van der Waals surface area contributed by atoms with Crippen molar-refractivity contribution in [3.05, 3.63) is 89.5 Å². The largest absolute Gasteiger partial charge is 0.497 e. The van der Waals surface area contributed by atoms with Crippen molar-refractivity contribution in [2.24, 2.45) is 0 Å². The number of benzene rings is 2. The summed E-state index contributed by atoms with van der Waals surface area (Å²) in [5.41, 5.74) is 1.45. The Bertz CT molecular complexity index is 1990. The van der Waals surface area contributed by atoms with Crippen LogP contribution in [0.5, 0.6) is 17.2 Å². The number of aromatic nitrogens is 4. The minimum absolute atomic E-state index is 0.0802. The highest BCUT2D eigenvalue weighted by Crippen LogP contribution is 2.35. The molecule has 1 atom stereocenters. The summed E-state index contributed by atoms with van der Waals surface area (Å²) in [6, 6.07) is 16.2. The average molecular weight is 681 g/mol. The normalized spacial score (nSPS) is 14.6. The quantitative estimate of drug-likeness (QED) is 0.153. The molecule has 252 valence electrons. The molecule has 5 aromatic rings. The van der Waals surface area contributed by atoms with Crippen molar-refractivity contribution < 1.29 is 23.8 Å². The molecule has 14 heteroatoms. The van der Waals surface area contributed by atoms with Crippen molar-refractivity contribution in [1.82, 2.24) is 24.6 Å². The molecule has 2 N–H and O–H groups in total. The van der Waals surface area contributed by atoms with E-state index in [2.05, 4.69) is 20.5 Å². The number of hydrogen-bond donors (Lipinski definition) is 2. The molecule has 3 aromatic heterocycles. The molecular weight excluding hydrogens is 645 g/mol. The van der Waals surface area contributed by atoms with E-state index < -0.39 is 5.60 Å². The van der Waals surface area contributed by atoms with Crippen molar-refractivity contribution in [2.75, 3.05) is 30.8 Å². The zero-order chi connectivity index (χ0) is 34.5. The van der Waals surface area contributed by atoms with Crippen molar-refractivity contribution in [3.63, 3.8) is 0 Å². The first kappa shape index (κ1) is 33.2. The predicted molar refractivity (Wildman–Crippen MR) is 187 cm³/mol. The Morgan fingerprint density at radius 1 is 1.06 bits per heavy atom. The number of ether oxygens (including phenoxy) is 3. The number of hydrogen-bond acceptors (Lipinski definition) is 10. The van der Waals surface area contributed by atoms with Gasteiger partial charge in [0.25, 0.3) is 10.9 Å². The minimum atomic E-state index is -0.585. The van der Waals surface area contributed by atoms with Crippen LogP contribution in [0.15, 0.2) is 67.0 Å². The number of pyridine rings is 1. The van der Waals surface area contributed by atoms with Crippen molar-refractivity contribution >= 4 is 50.3 Å². The first-order valence-corrected chi connectivity index (χ1v) is 16.6. The number of nitrogens with zero attached hydrogens (tertiary/aromatic N) is 6. The first-order valence-electron chi connectivity index (χ1n) is 15.7. The Hall–Kier alpha value is -5.68. The molecular formula is C35H36N8O5S. The number of thiazole rings is 1. The summed E-state index contributed by atoms with van der Waals surface area (Å²) >= 11 is 1.11. The second kappa shape index (κ2) is 14.2. The molecule has 0 radical (unpaired) electrons. The zero-order valence-corrected chi connectivity index (χ0v) is 28.4. The highest BCUT2D eigenvalue weighted by atomic mass is 32.1. The van der Waals surface area contributed by atoms with Gasteiger partial charge < -0.3 is 24.4 Å². The van der Waals surface area contributed by atoms with E-state index in [9.17, 15) is 9.59 Å². The van der Waals surface area contributed by atoms with E-state index in [4.69, 9.17) is 30.9 Å². The molecule has 2 amide bonds. The lowest BCUT2D eigenvalue weighted by Gasteiger charge is -2.34. The maximum absolute atomic E-state index is 12.9. The Kier molecular flexibility index (Phi) is 9.63. The van der Waals surface area contributed by atoms with Gasteiger partial charge in [-0.3, -0.25) is 10.1 Å². The summed E-state index contributed by atoms with van der Waals surface area (Å²) in [7, 11) is 1.63. The third-order valence-corrected chi connectivity index (χ3v) is 8.48. The molecule has 0 spiro atoms. The number of rotatable bonds is 9. The molecule has 4 heterocycles. The molecule has 1 aliphatic heterocycles. The van der Waals surface area contributed by atoms with E-state index in [-0.39, 0.29) is 18.0 Å². The van der Waals surface area contributed by atoms with Crippen LogP contribution in [0.25, 0.3) is 15.9 Å². The van der Waals surface area contributed by atoms with Gasteiger partial charge in [-0.05, 0) is 75.6 Å². The van der Waals surface area contributed by atoms with Crippen molar-refractivity contribution in [3.8, 4) is 17.2 Å². The lowest BCUT2D eigenvalue weighted by atomic mass is 10.1. The fraction of sp³-hybridized carbons (Fsp3) is 0.314. The van der Waals surface area contributed by atoms with Crippen molar-refractivity contribution in [2.45, 2.75) is 51.8 Å². The Morgan fingerprint density at radius 3 is 2.51 bits per heavy atom. The first-order chi connectivity index (χ1) is 23.6. The topological polar surface area (TPSA) is 137 Å². The molecule has 0 bridgehead atoms. The third-order valence-electron chi connectivity index (χ3n) is 7.67. The minimum Gasteiger partial charge on any atom is -0.497 e. The van der Waals surface area contributed by atoms with Crippen molar-refractivity contribution in [1.29, 1.82) is 0 Å². The zero-order valence-electron chi connectivity index (χ0n) is 27.6. The molecule has 0 unspecified atom stereocenters. The maximum atomic E-state index is 12.9. The van der Waals surface area contributed by atoms with Gasteiger partial charge in [0.15, 0.2) is 16.6 Å². The lowest BCUT2D eigenvalue weighted by molar-refractivity contribution is 0.0206. The highest BCUT2D eigenvalue weighted by Gasteiger charge is 2.29. The van der Waals surface area contributed by atoms with Gasteiger partial charge in [0.1, 0.15) is 28.2 Å². The maximum Gasteiger partial charge on any atom is 0.410 e. The number of carbonyl (C=O) groups is 2. The van der Waals surface area contributed by atoms with Crippen LogP contribution >= 0.6 is 11.3 Å². The summed E-state index contributed by atoms with van der Waals surface area (Å²) < 4.78 is 19.2. The standard InChI is InChI=1S/C35H36N8O5S/c1-35(2,3)48-34(45)42-18-6-7-24(21-42)39-30-29-27(16-17-37-31(29)43(41-30)20-22-8-12-25(46-5)13-9-22)47-26-14-10-23(11-15-26)32(44)40-33-38-19-28(36-4)49-33/h8-17,19,24H,6-7,18,20-21H2,1-3,5H3,(H,39,41)(H,38,40,44)/t24-/m1/s1. The molecule has 2 aromatic carbocycles. The number of methoxy groups -OCH3 is 1. The van der Waals surface area contributed by atoms with Gasteiger partial charge in [-0.2, -0.15) is 5.10 Å². The van der Waals surface area contributed by atoms with Crippen LogP contribution < -0.4 is 20.1 Å². The number of carbonyl (C=O) groups excluding carboxylic acids is 2. The summed E-state index contributed by atoms with van der Waals surface area (Å²) in [6.45, 7) is 14.2. The van der Waals surface area contributed by atoms with Crippen LogP contribution in [0.2, 0.25) is 0 Å². The van der Waals surface area contributed by atoms with Gasteiger partial charge in [-0.1, -0.05) is 12.1 Å². The van der Waals surface area contributed by atoms with Crippen LogP contribution in [-0.4, -0.2) is 68.5 Å². The number of nitrogens with one attached hydrogen (secondary N) is 2. The average Bonchev–Trinajstić information content (AvgIpc) is 3.69. The summed E-state index contributed by atoms with van der Waals surface area (Å²) in [4.78, 5) is 39.5. The molecule has 1 saturated heterocycles. The second-order valence-electron chi connectivity index (χ2n) is 12.5. The van der Waals surface area contributed by atoms with Crippen LogP contribution in [-0.2, 0) is 11.3 Å². The van der Waals surface area contributed by atoms with Gasteiger partial charge in [-0.25, -0.2) is 24.3 Å². The number of likely N-dealkylation sites (tertiary alicyclic amines) is 1. The monoisotopic (exact) mass is 680 g/mol. The number of anilines is 2. The molecule has 1 aliphatic rings. The fourth-order valence-electron chi connectivity index (χ4n) is 5.40. The third kappa shape index (κ3) is 8.07. The molecule has 49 heavy (non-hydrogen) atoms. The predicted octanol–water partition coefficient (Wildman–Crippen LogP) is 7.35. The Balaban J connectivity index is 1.26. The van der Waals surface area contributed by atoms with E-state index in [0.717, 1.165) is 35.5 Å². The van der Waals surface area contributed by atoms with E-state index in [1.165, 1.54) is 6.20 Å². The van der Waals surface area contributed by atoms with Crippen LogP contribution in [0.3, 0.4) is 0 Å². The number of fused-ring (bicyclic) bond motifs is 1. The fourth-order valence-corrected chi connectivity index (χ4v) is 5.99. The smallest absolute Gasteiger partial charge is 0.410 e. The lowest BCUT2D eigenvalue weighted by Crippen LogP contribution is -2.47. The summed E-state index contributed by atoms with van der Waals surface area (Å²) in [6.07, 6.45) is 4.41.